The molecular weight excluding hydrogens is 252 g/mol. The van der Waals surface area contributed by atoms with E-state index in [1.54, 1.807) is 17.8 Å². The van der Waals surface area contributed by atoms with Gasteiger partial charge in [0.2, 0.25) is 5.91 Å². The van der Waals surface area contributed by atoms with Gasteiger partial charge in [0.1, 0.15) is 6.54 Å². The van der Waals surface area contributed by atoms with Gasteiger partial charge in [-0.05, 0) is 6.42 Å². The maximum Gasteiger partial charge on any atom is 0.247 e. The SMILES string of the molecule is CCC(N)c1cn(CC(=O)Nc2nccs2)nn1. The van der Waals surface area contributed by atoms with E-state index < -0.39 is 0 Å². The Balaban J connectivity index is 1.93. The van der Waals surface area contributed by atoms with Gasteiger partial charge in [-0.1, -0.05) is 12.1 Å². The van der Waals surface area contributed by atoms with Crippen molar-refractivity contribution in [3.05, 3.63) is 23.5 Å². The average Bonchev–Trinajstić information content (AvgIpc) is 2.99. The van der Waals surface area contributed by atoms with Gasteiger partial charge in [0.05, 0.1) is 17.9 Å². The van der Waals surface area contributed by atoms with E-state index in [0.29, 0.717) is 10.8 Å². The molecule has 0 saturated heterocycles. The molecule has 0 spiro atoms. The zero-order chi connectivity index (χ0) is 13.0. The Morgan fingerprint density at radius 2 is 2.50 bits per heavy atom. The van der Waals surface area contributed by atoms with Crippen molar-refractivity contribution < 1.29 is 4.79 Å². The first kappa shape index (κ1) is 12.7. The van der Waals surface area contributed by atoms with Crippen molar-refractivity contribution in [1.82, 2.24) is 20.0 Å². The van der Waals surface area contributed by atoms with Crippen LogP contribution in [0.25, 0.3) is 0 Å². The van der Waals surface area contributed by atoms with E-state index in [-0.39, 0.29) is 18.5 Å². The summed E-state index contributed by atoms with van der Waals surface area (Å²) < 4.78 is 1.47. The number of nitrogens with two attached hydrogens (primary N) is 1. The minimum absolute atomic E-state index is 0.100. The molecule has 2 heterocycles. The highest BCUT2D eigenvalue weighted by molar-refractivity contribution is 7.13. The molecule has 18 heavy (non-hydrogen) atoms. The van der Waals surface area contributed by atoms with Crippen LogP contribution in [0.3, 0.4) is 0 Å². The van der Waals surface area contributed by atoms with Crippen molar-refractivity contribution in [2.75, 3.05) is 5.32 Å². The second-order valence-corrected chi connectivity index (χ2v) is 4.64. The van der Waals surface area contributed by atoms with Gasteiger partial charge in [0.25, 0.3) is 0 Å². The van der Waals surface area contributed by atoms with Crippen molar-refractivity contribution in [2.45, 2.75) is 25.9 Å². The largest absolute Gasteiger partial charge is 0.323 e. The highest BCUT2D eigenvalue weighted by atomic mass is 32.1. The summed E-state index contributed by atoms with van der Waals surface area (Å²) in [6, 6.07) is -0.138. The number of carbonyl (C=O) groups is 1. The third kappa shape index (κ3) is 3.11. The molecule has 2 rings (SSSR count). The molecule has 0 fully saturated rings. The van der Waals surface area contributed by atoms with Crippen LogP contribution in [0.4, 0.5) is 5.13 Å². The van der Waals surface area contributed by atoms with Gasteiger partial charge in [0.15, 0.2) is 5.13 Å². The van der Waals surface area contributed by atoms with Crippen molar-refractivity contribution in [1.29, 1.82) is 0 Å². The van der Waals surface area contributed by atoms with Gasteiger partial charge < -0.3 is 11.1 Å². The number of aromatic nitrogens is 4. The molecule has 0 aliphatic carbocycles. The molecule has 0 bridgehead atoms. The molecule has 8 heteroatoms. The molecule has 1 amide bonds. The first-order chi connectivity index (χ1) is 8.69. The summed E-state index contributed by atoms with van der Waals surface area (Å²) in [5.74, 6) is -0.188. The van der Waals surface area contributed by atoms with E-state index >= 15 is 0 Å². The molecule has 2 aromatic heterocycles. The number of amides is 1. The molecule has 3 N–H and O–H groups in total. The van der Waals surface area contributed by atoms with E-state index in [1.165, 1.54) is 16.0 Å². The fraction of sp³-hybridized carbons (Fsp3) is 0.400. The summed E-state index contributed by atoms with van der Waals surface area (Å²) >= 11 is 1.37. The lowest BCUT2D eigenvalue weighted by atomic mass is 10.2. The fourth-order valence-electron chi connectivity index (χ4n) is 1.36. The van der Waals surface area contributed by atoms with E-state index in [2.05, 4.69) is 20.6 Å². The Kier molecular flexibility index (Phi) is 4.00. The predicted molar refractivity (Wildman–Crippen MR) is 68.0 cm³/mol. The second-order valence-electron chi connectivity index (χ2n) is 3.74. The van der Waals surface area contributed by atoms with Crippen molar-refractivity contribution >= 4 is 22.4 Å². The van der Waals surface area contributed by atoms with Crippen LogP contribution in [0.5, 0.6) is 0 Å². The minimum atomic E-state index is -0.188. The summed E-state index contributed by atoms with van der Waals surface area (Å²) in [5.41, 5.74) is 6.52. The number of hydrogen-bond acceptors (Lipinski definition) is 6. The number of hydrogen-bond donors (Lipinski definition) is 2. The van der Waals surface area contributed by atoms with Crippen molar-refractivity contribution in [3.8, 4) is 0 Å². The molecular formula is C10H14N6OS. The maximum absolute atomic E-state index is 11.7. The van der Waals surface area contributed by atoms with Crippen LogP contribution in [0.1, 0.15) is 25.1 Å². The van der Waals surface area contributed by atoms with Crippen LogP contribution in [-0.2, 0) is 11.3 Å². The van der Waals surface area contributed by atoms with Crippen LogP contribution in [0, 0.1) is 0 Å². The molecule has 1 unspecified atom stereocenters. The Morgan fingerprint density at radius 3 is 3.17 bits per heavy atom. The van der Waals surface area contributed by atoms with Gasteiger partial charge in [-0.15, -0.1) is 16.4 Å². The Hall–Kier alpha value is -1.80. The minimum Gasteiger partial charge on any atom is -0.323 e. The molecule has 0 aliphatic heterocycles. The first-order valence-corrected chi connectivity index (χ1v) is 6.42. The van der Waals surface area contributed by atoms with Crippen LogP contribution < -0.4 is 11.1 Å². The molecule has 0 aromatic carbocycles. The van der Waals surface area contributed by atoms with Crippen LogP contribution in [0.2, 0.25) is 0 Å². The number of rotatable bonds is 5. The predicted octanol–water partition coefficient (Wildman–Crippen LogP) is 0.783. The van der Waals surface area contributed by atoms with Crippen LogP contribution in [0.15, 0.2) is 17.8 Å². The summed E-state index contributed by atoms with van der Waals surface area (Å²) in [6.45, 7) is 2.07. The number of nitrogens with zero attached hydrogens (tertiary/aromatic N) is 4. The summed E-state index contributed by atoms with van der Waals surface area (Å²) in [4.78, 5) is 15.6. The van der Waals surface area contributed by atoms with Gasteiger partial charge in [0, 0.05) is 11.6 Å². The Bertz CT molecular complexity index is 508. The maximum atomic E-state index is 11.7. The lowest BCUT2D eigenvalue weighted by Crippen LogP contribution is -2.19. The highest BCUT2D eigenvalue weighted by Gasteiger charge is 2.11. The zero-order valence-electron chi connectivity index (χ0n) is 9.91. The summed E-state index contributed by atoms with van der Waals surface area (Å²) in [6.07, 6.45) is 4.10. The molecule has 0 saturated carbocycles. The second kappa shape index (κ2) is 5.69. The van der Waals surface area contributed by atoms with E-state index in [4.69, 9.17) is 5.73 Å². The first-order valence-electron chi connectivity index (χ1n) is 5.54. The van der Waals surface area contributed by atoms with Gasteiger partial charge in [-0.2, -0.15) is 0 Å². The van der Waals surface area contributed by atoms with Crippen LogP contribution >= 0.6 is 11.3 Å². The van der Waals surface area contributed by atoms with Gasteiger partial charge in [-0.25, -0.2) is 9.67 Å². The third-order valence-corrected chi connectivity index (χ3v) is 3.05. The molecule has 2 aromatic rings. The van der Waals surface area contributed by atoms with Gasteiger partial charge in [-0.3, -0.25) is 4.79 Å². The Labute approximate surface area is 108 Å². The summed E-state index contributed by atoms with van der Waals surface area (Å²) in [5, 5.41) is 12.8. The normalized spacial score (nSPS) is 12.3. The standard InChI is InChI=1S/C10H14N6OS/c1-2-7(11)8-5-16(15-14-8)6-9(17)13-10-12-3-4-18-10/h3-5,7H,2,6,11H2,1H3,(H,12,13,17). The molecule has 0 radical (unpaired) electrons. The van der Waals surface area contributed by atoms with Crippen molar-refractivity contribution in [3.63, 3.8) is 0 Å². The molecule has 7 nitrogen and oxygen atoms in total. The van der Waals surface area contributed by atoms with Crippen LogP contribution in [-0.4, -0.2) is 25.9 Å². The smallest absolute Gasteiger partial charge is 0.247 e. The molecule has 1 atom stereocenters. The monoisotopic (exact) mass is 266 g/mol. The molecule has 0 aliphatic rings. The Morgan fingerprint density at radius 1 is 1.67 bits per heavy atom. The topological polar surface area (TPSA) is 98.7 Å². The van der Waals surface area contributed by atoms with Gasteiger partial charge >= 0.3 is 0 Å². The number of anilines is 1. The lowest BCUT2D eigenvalue weighted by Gasteiger charge is -2.02. The number of carbonyl (C=O) groups excluding carboxylic acids is 1. The quantitative estimate of drug-likeness (QED) is 0.833. The average molecular weight is 266 g/mol. The molecule has 96 valence electrons. The van der Waals surface area contributed by atoms with Crippen molar-refractivity contribution in [2.24, 2.45) is 5.73 Å². The lowest BCUT2D eigenvalue weighted by molar-refractivity contribution is -0.116. The highest BCUT2D eigenvalue weighted by Crippen LogP contribution is 2.11. The van der Waals surface area contributed by atoms with E-state index in [0.717, 1.165) is 6.42 Å². The number of nitrogens with one attached hydrogen (secondary N) is 1. The van der Waals surface area contributed by atoms with E-state index in [9.17, 15) is 4.79 Å². The van der Waals surface area contributed by atoms with E-state index in [1.807, 2.05) is 6.92 Å². The zero-order valence-corrected chi connectivity index (χ0v) is 10.7. The third-order valence-electron chi connectivity index (χ3n) is 2.36. The number of thiazole rings is 1. The fourth-order valence-corrected chi connectivity index (χ4v) is 1.91. The summed E-state index contributed by atoms with van der Waals surface area (Å²) in [7, 11) is 0.